The Morgan fingerprint density at radius 3 is 2.66 bits per heavy atom. The zero-order valence-electron chi connectivity index (χ0n) is 17.3. The molecule has 2 aromatic carbocycles. The number of benzene rings is 2. The van der Waals surface area contributed by atoms with Crippen molar-refractivity contribution in [2.75, 3.05) is 22.8 Å². The topological polar surface area (TPSA) is 106 Å². The van der Waals surface area contributed by atoms with Crippen LogP contribution in [0.4, 0.5) is 10.8 Å². The molecule has 0 aliphatic carbocycles. The minimum absolute atomic E-state index is 0.0341. The SMILES string of the molecule is CCOC(=O)Cc1csc(NC(=O)c2ccc(S(=O)(=O)N3CCc4ccccc43)cc2)n1. The lowest BCUT2D eigenvalue weighted by Gasteiger charge is -2.19. The van der Waals surface area contributed by atoms with Crippen molar-refractivity contribution in [1.82, 2.24) is 4.98 Å². The minimum atomic E-state index is -3.72. The van der Waals surface area contributed by atoms with E-state index in [4.69, 9.17) is 4.74 Å². The number of anilines is 2. The average molecular weight is 472 g/mol. The second-order valence-electron chi connectivity index (χ2n) is 7.06. The second kappa shape index (κ2) is 9.09. The Morgan fingerprint density at radius 1 is 1.16 bits per heavy atom. The van der Waals surface area contributed by atoms with E-state index < -0.39 is 15.9 Å². The van der Waals surface area contributed by atoms with Gasteiger partial charge in [0, 0.05) is 17.5 Å². The van der Waals surface area contributed by atoms with Gasteiger partial charge in [0.15, 0.2) is 5.13 Å². The first-order valence-corrected chi connectivity index (χ1v) is 12.3. The van der Waals surface area contributed by atoms with Crippen LogP contribution in [0.15, 0.2) is 58.8 Å². The Morgan fingerprint density at radius 2 is 1.91 bits per heavy atom. The number of esters is 1. The number of carbonyl (C=O) groups is 2. The van der Waals surface area contributed by atoms with E-state index in [9.17, 15) is 18.0 Å². The molecule has 1 N–H and O–H groups in total. The van der Waals surface area contributed by atoms with Gasteiger partial charge in [0.1, 0.15) is 0 Å². The molecule has 10 heteroatoms. The van der Waals surface area contributed by atoms with Crippen LogP contribution in [0.25, 0.3) is 0 Å². The summed E-state index contributed by atoms with van der Waals surface area (Å²) in [6.07, 6.45) is 0.703. The largest absolute Gasteiger partial charge is 0.466 e. The molecule has 0 saturated carbocycles. The smallest absolute Gasteiger partial charge is 0.311 e. The number of fused-ring (bicyclic) bond motifs is 1. The molecule has 0 saturated heterocycles. The number of amides is 1. The molecular formula is C22H21N3O5S2. The normalized spacial score (nSPS) is 13.0. The zero-order valence-corrected chi connectivity index (χ0v) is 18.9. The lowest BCUT2D eigenvalue weighted by molar-refractivity contribution is -0.142. The van der Waals surface area contributed by atoms with Crippen molar-refractivity contribution in [1.29, 1.82) is 0 Å². The van der Waals surface area contributed by atoms with Crippen LogP contribution in [0, 0.1) is 0 Å². The van der Waals surface area contributed by atoms with Crippen LogP contribution >= 0.6 is 11.3 Å². The highest BCUT2D eigenvalue weighted by Crippen LogP contribution is 2.32. The summed E-state index contributed by atoms with van der Waals surface area (Å²) in [5.74, 6) is -0.800. The zero-order chi connectivity index (χ0) is 22.7. The van der Waals surface area contributed by atoms with Gasteiger partial charge in [-0.05, 0) is 49.2 Å². The van der Waals surface area contributed by atoms with Gasteiger partial charge in [-0.25, -0.2) is 13.4 Å². The van der Waals surface area contributed by atoms with E-state index in [1.165, 1.54) is 39.9 Å². The van der Waals surface area contributed by atoms with Gasteiger partial charge in [0.25, 0.3) is 15.9 Å². The second-order valence-corrected chi connectivity index (χ2v) is 9.78. The monoisotopic (exact) mass is 471 g/mol. The van der Waals surface area contributed by atoms with Gasteiger partial charge in [-0.15, -0.1) is 11.3 Å². The van der Waals surface area contributed by atoms with Gasteiger partial charge >= 0.3 is 5.97 Å². The fourth-order valence-electron chi connectivity index (χ4n) is 3.44. The Balaban J connectivity index is 1.44. The molecule has 1 aliphatic heterocycles. The molecule has 0 fully saturated rings. The van der Waals surface area contributed by atoms with Crippen molar-refractivity contribution in [2.24, 2.45) is 0 Å². The number of nitrogens with one attached hydrogen (secondary N) is 1. The first-order chi connectivity index (χ1) is 15.4. The lowest BCUT2D eigenvalue weighted by Crippen LogP contribution is -2.29. The van der Waals surface area contributed by atoms with Gasteiger partial charge in [-0.3, -0.25) is 19.2 Å². The third kappa shape index (κ3) is 4.51. The quantitative estimate of drug-likeness (QED) is 0.530. The fourth-order valence-corrected chi connectivity index (χ4v) is 5.65. The third-order valence-electron chi connectivity index (χ3n) is 4.95. The molecular weight excluding hydrogens is 450 g/mol. The number of ether oxygens (including phenoxy) is 1. The van der Waals surface area contributed by atoms with Crippen molar-refractivity contribution in [2.45, 2.75) is 24.7 Å². The molecule has 0 bridgehead atoms. The van der Waals surface area contributed by atoms with Crippen LogP contribution in [0.3, 0.4) is 0 Å². The van der Waals surface area contributed by atoms with Crippen LogP contribution in [-0.4, -0.2) is 38.4 Å². The molecule has 0 radical (unpaired) electrons. The fraction of sp³-hybridized carbons (Fsp3) is 0.227. The Kier molecular flexibility index (Phi) is 6.24. The van der Waals surface area contributed by atoms with Crippen LogP contribution in [0.5, 0.6) is 0 Å². The summed E-state index contributed by atoms with van der Waals surface area (Å²) in [4.78, 5) is 28.4. The molecule has 1 aliphatic rings. The molecule has 0 atom stereocenters. The standard InChI is InChI=1S/C22H21N3O5S2/c1-2-30-20(26)13-17-14-31-22(23-17)24-21(27)16-7-9-18(10-8-16)32(28,29)25-12-11-15-5-3-4-6-19(15)25/h3-10,14H,2,11-13H2,1H3,(H,23,24,27). The van der Waals surface area contributed by atoms with E-state index in [1.54, 1.807) is 18.4 Å². The number of nitrogens with zero attached hydrogens (tertiary/aromatic N) is 2. The minimum Gasteiger partial charge on any atom is -0.466 e. The summed E-state index contributed by atoms with van der Waals surface area (Å²) in [5.41, 5.74) is 2.50. The maximum Gasteiger partial charge on any atom is 0.311 e. The molecule has 0 spiro atoms. The molecule has 2 heterocycles. The number of thiazole rings is 1. The van der Waals surface area contributed by atoms with E-state index in [0.29, 0.717) is 41.6 Å². The van der Waals surface area contributed by atoms with Crippen molar-refractivity contribution in [3.8, 4) is 0 Å². The molecule has 0 unspecified atom stereocenters. The van der Waals surface area contributed by atoms with E-state index in [1.807, 2.05) is 18.2 Å². The van der Waals surface area contributed by atoms with Crippen molar-refractivity contribution in [3.05, 3.63) is 70.7 Å². The third-order valence-corrected chi connectivity index (χ3v) is 7.59. The van der Waals surface area contributed by atoms with E-state index in [-0.39, 0.29) is 17.3 Å². The van der Waals surface area contributed by atoms with Crippen LogP contribution in [0.2, 0.25) is 0 Å². The van der Waals surface area contributed by atoms with Gasteiger partial charge in [0.05, 0.1) is 29.3 Å². The van der Waals surface area contributed by atoms with E-state index >= 15 is 0 Å². The van der Waals surface area contributed by atoms with Crippen molar-refractivity contribution >= 4 is 44.1 Å². The highest BCUT2D eigenvalue weighted by atomic mass is 32.2. The van der Waals surface area contributed by atoms with Gasteiger partial charge in [-0.1, -0.05) is 18.2 Å². The molecule has 166 valence electrons. The summed E-state index contributed by atoms with van der Waals surface area (Å²) in [5, 5.41) is 4.69. The van der Waals surface area contributed by atoms with E-state index in [2.05, 4.69) is 10.3 Å². The molecule has 8 nitrogen and oxygen atoms in total. The maximum atomic E-state index is 13.1. The van der Waals surface area contributed by atoms with E-state index in [0.717, 1.165) is 5.56 Å². The van der Waals surface area contributed by atoms with Crippen LogP contribution in [0.1, 0.15) is 28.5 Å². The highest BCUT2D eigenvalue weighted by molar-refractivity contribution is 7.92. The molecule has 4 rings (SSSR count). The van der Waals surface area contributed by atoms with Crippen LogP contribution in [-0.2, 0) is 32.4 Å². The summed E-state index contributed by atoms with van der Waals surface area (Å²) in [7, 11) is -3.72. The number of carbonyl (C=O) groups excluding carboxylic acids is 2. The first-order valence-electron chi connectivity index (χ1n) is 10.0. The molecule has 1 aromatic heterocycles. The first kappa shape index (κ1) is 22.0. The predicted molar refractivity (Wildman–Crippen MR) is 122 cm³/mol. The van der Waals surface area contributed by atoms with Gasteiger partial charge in [0.2, 0.25) is 0 Å². The maximum absolute atomic E-state index is 13.1. The highest BCUT2D eigenvalue weighted by Gasteiger charge is 2.30. The molecule has 1 amide bonds. The summed E-state index contributed by atoms with van der Waals surface area (Å²) >= 11 is 1.20. The number of rotatable bonds is 7. The lowest BCUT2D eigenvalue weighted by atomic mass is 10.2. The van der Waals surface area contributed by atoms with Crippen molar-refractivity contribution < 1.29 is 22.7 Å². The average Bonchev–Trinajstić information content (AvgIpc) is 3.41. The molecule has 3 aromatic rings. The summed E-state index contributed by atoms with van der Waals surface area (Å²) < 4.78 is 32.5. The number of aromatic nitrogens is 1. The Bertz CT molecular complexity index is 1250. The van der Waals surface area contributed by atoms with Crippen LogP contribution < -0.4 is 9.62 Å². The van der Waals surface area contributed by atoms with Gasteiger partial charge in [-0.2, -0.15) is 0 Å². The summed E-state index contributed by atoms with van der Waals surface area (Å²) in [6, 6.07) is 13.2. The predicted octanol–water partition coefficient (Wildman–Crippen LogP) is 3.25. The number of hydrogen-bond donors (Lipinski definition) is 1. The summed E-state index contributed by atoms with van der Waals surface area (Å²) in [6.45, 7) is 2.41. The Labute approximate surface area is 189 Å². The number of para-hydroxylation sites is 1. The number of sulfonamides is 1. The van der Waals surface area contributed by atoms with Crippen molar-refractivity contribution in [3.63, 3.8) is 0 Å². The van der Waals surface area contributed by atoms with Gasteiger partial charge < -0.3 is 4.74 Å². The molecule has 32 heavy (non-hydrogen) atoms. The Hall–Kier alpha value is -3.24. The number of hydrogen-bond acceptors (Lipinski definition) is 7.